The molecule has 0 unspecified atom stereocenters. The van der Waals surface area contributed by atoms with Gasteiger partial charge in [-0.05, 0) is 38.8 Å². The fourth-order valence-electron chi connectivity index (χ4n) is 2.71. The number of carbonyl (C=O) groups is 1. The summed E-state index contributed by atoms with van der Waals surface area (Å²) in [5.41, 5.74) is 0.104. The van der Waals surface area contributed by atoms with E-state index in [-0.39, 0.29) is 30.4 Å². The molecule has 0 spiro atoms. The molecule has 0 aliphatic heterocycles. The summed E-state index contributed by atoms with van der Waals surface area (Å²) in [5.74, 6) is -0.0366. The van der Waals surface area contributed by atoms with Crippen molar-refractivity contribution in [3.8, 4) is 5.75 Å². The topological polar surface area (TPSA) is 70.6 Å². The van der Waals surface area contributed by atoms with Crippen molar-refractivity contribution in [1.29, 1.82) is 0 Å². The first-order valence-corrected chi connectivity index (χ1v) is 7.64. The van der Waals surface area contributed by atoms with Gasteiger partial charge in [-0.1, -0.05) is 6.42 Å². The molecule has 1 aromatic carbocycles. The maximum absolute atomic E-state index is 14.0. The highest BCUT2D eigenvalue weighted by atomic mass is 19.1. The molecule has 0 aromatic heterocycles. The Morgan fingerprint density at radius 3 is 2.86 bits per heavy atom. The molecule has 3 N–H and O–H groups in total. The first kappa shape index (κ1) is 16.5. The van der Waals surface area contributed by atoms with Gasteiger partial charge in [0.05, 0.1) is 11.8 Å². The number of aliphatic hydroxyl groups excluding tert-OH is 1. The lowest BCUT2D eigenvalue weighted by Gasteiger charge is -2.19. The second-order valence-corrected chi connectivity index (χ2v) is 5.89. The number of halogens is 1. The van der Waals surface area contributed by atoms with Crippen LogP contribution in [-0.2, 0) is 0 Å². The molecule has 1 aromatic rings. The van der Waals surface area contributed by atoms with Gasteiger partial charge in [0, 0.05) is 24.6 Å². The molecule has 122 valence electrons. The number of nitrogens with one attached hydrogen (secondary N) is 2. The van der Waals surface area contributed by atoms with Crippen molar-refractivity contribution in [3.05, 3.63) is 24.0 Å². The molecule has 0 saturated heterocycles. The van der Waals surface area contributed by atoms with Crippen LogP contribution in [0.25, 0.3) is 0 Å². The fraction of sp³-hybridized carbons (Fsp3) is 0.562. The van der Waals surface area contributed by atoms with E-state index in [1.54, 1.807) is 6.07 Å². The van der Waals surface area contributed by atoms with E-state index in [0.717, 1.165) is 19.3 Å². The van der Waals surface area contributed by atoms with E-state index in [9.17, 15) is 14.3 Å². The van der Waals surface area contributed by atoms with Crippen LogP contribution in [0, 0.1) is 11.7 Å². The van der Waals surface area contributed by atoms with E-state index < -0.39 is 11.8 Å². The average Bonchev–Trinajstić information content (AvgIpc) is 2.88. The van der Waals surface area contributed by atoms with Gasteiger partial charge in [0.25, 0.3) is 0 Å². The number of benzene rings is 1. The number of amides is 2. The third-order valence-corrected chi connectivity index (χ3v) is 3.77. The summed E-state index contributed by atoms with van der Waals surface area (Å²) in [5, 5.41) is 14.5. The Labute approximate surface area is 129 Å². The molecule has 22 heavy (non-hydrogen) atoms. The Bertz CT molecular complexity index is 522. The Kier molecular flexibility index (Phi) is 5.60. The van der Waals surface area contributed by atoms with Crippen molar-refractivity contribution in [1.82, 2.24) is 5.32 Å². The number of anilines is 1. The maximum atomic E-state index is 14.0. The van der Waals surface area contributed by atoms with Crippen LogP contribution in [-0.4, -0.2) is 29.9 Å². The minimum Gasteiger partial charge on any atom is -0.491 e. The van der Waals surface area contributed by atoms with Gasteiger partial charge in [0.1, 0.15) is 11.6 Å². The maximum Gasteiger partial charge on any atom is 0.319 e. The van der Waals surface area contributed by atoms with Crippen molar-refractivity contribution in [2.24, 2.45) is 5.92 Å². The second kappa shape index (κ2) is 7.45. The van der Waals surface area contributed by atoms with Crippen molar-refractivity contribution in [3.63, 3.8) is 0 Å². The van der Waals surface area contributed by atoms with Crippen molar-refractivity contribution < 1.29 is 19.0 Å². The summed E-state index contributed by atoms with van der Waals surface area (Å²) in [4.78, 5) is 11.9. The number of carbonyl (C=O) groups excluding carboxylic acids is 1. The first-order valence-electron chi connectivity index (χ1n) is 7.64. The van der Waals surface area contributed by atoms with Crippen LogP contribution < -0.4 is 15.4 Å². The van der Waals surface area contributed by atoms with Gasteiger partial charge in [0.2, 0.25) is 0 Å². The monoisotopic (exact) mass is 310 g/mol. The summed E-state index contributed by atoms with van der Waals surface area (Å²) in [7, 11) is 0. The zero-order valence-corrected chi connectivity index (χ0v) is 12.9. The average molecular weight is 310 g/mol. The Morgan fingerprint density at radius 1 is 1.45 bits per heavy atom. The standard InChI is InChI=1S/C16H23FN2O3/c1-10(2)22-12-6-7-15(13(17)8-12)19-16(21)18-14-5-3-4-11(14)9-20/h6-8,10-11,14,20H,3-5,9H2,1-2H3,(H2,18,19,21)/t11-,14+/m1/s1. The number of urea groups is 1. The van der Waals surface area contributed by atoms with Crippen LogP contribution in [0.5, 0.6) is 5.75 Å². The van der Waals surface area contributed by atoms with E-state index in [1.807, 2.05) is 13.8 Å². The Hall–Kier alpha value is -1.82. The van der Waals surface area contributed by atoms with Gasteiger partial charge in [-0.25, -0.2) is 9.18 Å². The highest BCUT2D eigenvalue weighted by Gasteiger charge is 2.27. The van der Waals surface area contributed by atoms with E-state index in [0.29, 0.717) is 5.75 Å². The smallest absolute Gasteiger partial charge is 0.319 e. The summed E-state index contributed by atoms with van der Waals surface area (Å²) in [6.07, 6.45) is 2.67. The molecule has 2 atom stereocenters. The molecule has 0 radical (unpaired) electrons. The predicted molar refractivity (Wildman–Crippen MR) is 82.5 cm³/mol. The van der Waals surface area contributed by atoms with E-state index in [2.05, 4.69) is 10.6 Å². The predicted octanol–water partition coefficient (Wildman–Crippen LogP) is 2.90. The van der Waals surface area contributed by atoms with Gasteiger partial charge >= 0.3 is 6.03 Å². The normalized spacial score (nSPS) is 21.0. The van der Waals surface area contributed by atoms with Crippen LogP contribution in [0.1, 0.15) is 33.1 Å². The molecule has 2 amide bonds. The Balaban J connectivity index is 1.94. The lowest BCUT2D eigenvalue weighted by molar-refractivity contribution is 0.203. The molecule has 0 bridgehead atoms. The molecule has 1 saturated carbocycles. The molecule has 0 heterocycles. The minimum absolute atomic E-state index is 0.0423. The quantitative estimate of drug-likeness (QED) is 0.783. The molecule has 2 rings (SSSR count). The van der Waals surface area contributed by atoms with Crippen molar-refractivity contribution in [2.45, 2.75) is 45.3 Å². The van der Waals surface area contributed by atoms with Crippen molar-refractivity contribution in [2.75, 3.05) is 11.9 Å². The zero-order chi connectivity index (χ0) is 16.1. The largest absolute Gasteiger partial charge is 0.491 e. The first-order chi connectivity index (χ1) is 10.5. The summed E-state index contributed by atoms with van der Waals surface area (Å²) in [6, 6.07) is 3.83. The van der Waals surface area contributed by atoms with Crippen LogP contribution >= 0.6 is 0 Å². The zero-order valence-electron chi connectivity index (χ0n) is 12.9. The minimum atomic E-state index is -0.543. The molecule has 1 fully saturated rings. The van der Waals surface area contributed by atoms with E-state index >= 15 is 0 Å². The number of rotatable bonds is 5. The van der Waals surface area contributed by atoms with Crippen molar-refractivity contribution >= 4 is 11.7 Å². The van der Waals surface area contributed by atoms with Gasteiger partial charge in [-0.2, -0.15) is 0 Å². The van der Waals surface area contributed by atoms with Crippen LogP contribution in [0.15, 0.2) is 18.2 Å². The summed E-state index contributed by atoms with van der Waals surface area (Å²) < 4.78 is 19.3. The number of aliphatic hydroxyl groups is 1. The second-order valence-electron chi connectivity index (χ2n) is 5.89. The SMILES string of the molecule is CC(C)Oc1ccc(NC(=O)N[C@H]2CCC[C@@H]2CO)c(F)c1. The van der Waals surface area contributed by atoms with Gasteiger partial charge in [0.15, 0.2) is 0 Å². The van der Waals surface area contributed by atoms with E-state index in [4.69, 9.17) is 4.74 Å². The van der Waals surface area contributed by atoms with Crippen LogP contribution in [0.2, 0.25) is 0 Å². The van der Waals surface area contributed by atoms with Gasteiger partial charge in [-0.3, -0.25) is 0 Å². The molecule has 6 heteroatoms. The lowest BCUT2D eigenvalue weighted by Crippen LogP contribution is -2.41. The highest BCUT2D eigenvalue weighted by molar-refractivity contribution is 5.89. The van der Waals surface area contributed by atoms with Gasteiger partial charge < -0.3 is 20.5 Å². The molecule has 1 aliphatic carbocycles. The number of ether oxygens (including phenoxy) is 1. The third kappa shape index (κ3) is 4.34. The summed E-state index contributed by atoms with van der Waals surface area (Å²) >= 11 is 0. The lowest BCUT2D eigenvalue weighted by atomic mass is 10.1. The molecule has 5 nitrogen and oxygen atoms in total. The third-order valence-electron chi connectivity index (χ3n) is 3.77. The molecular formula is C16H23FN2O3. The number of hydrogen-bond donors (Lipinski definition) is 3. The van der Waals surface area contributed by atoms with Gasteiger partial charge in [-0.15, -0.1) is 0 Å². The Morgan fingerprint density at radius 2 is 2.23 bits per heavy atom. The fourth-order valence-corrected chi connectivity index (χ4v) is 2.71. The number of hydrogen-bond acceptors (Lipinski definition) is 3. The highest BCUT2D eigenvalue weighted by Crippen LogP contribution is 2.25. The molecular weight excluding hydrogens is 287 g/mol. The van der Waals surface area contributed by atoms with E-state index in [1.165, 1.54) is 12.1 Å². The van der Waals surface area contributed by atoms with Crippen LogP contribution in [0.4, 0.5) is 14.9 Å². The van der Waals surface area contributed by atoms with Crippen LogP contribution in [0.3, 0.4) is 0 Å². The molecule has 1 aliphatic rings. The summed E-state index contributed by atoms with van der Waals surface area (Å²) in [6.45, 7) is 3.77.